The summed E-state index contributed by atoms with van der Waals surface area (Å²) in [5.41, 5.74) is 6.50. The summed E-state index contributed by atoms with van der Waals surface area (Å²) < 4.78 is 0. The molecule has 0 aliphatic heterocycles. The van der Waals surface area contributed by atoms with Crippen LogP contribution in [0.1, 0.15) is 107 Å². The van der Waals surface area contributed by atoms with E-state index in [4.69, 9.17) is 0 Å². The van der Waals surface area contributed by atoms with E-state index < -0.39 is 0 Å². The van der Waals surface area contributed by atoms with Crippen molar-refractivity contribution in [2.45, 2.75) is 96.3 Å². The van der Waals surface area contributed by atoms with Gasteiger partial charge in [-0.25, -0.2) is 0 Å². The zero-order chi connectivity index (χ0) is 22.6. The number of fused-ring (bicyclic) bond motifs is 3. The number of benzene rings is 2. The van der Waals surface area contributed by atoms with Crippen LogP contribution in [0, 0.1) is 28.1 Å². The smallest absolute Gasteiger partial charge is 0.101 e. The van der Waals surface area contributed by atoms with E-state index in [0.717, 1.165) is 42.4 Å². The summed E-state index contributed by atoms with van der Waals surface area (Å²) in [7, 11) is 0. The molecule has 2 aromatic rings. The molecule has 3 aliphatic rings. The van der Waals surface area contributed by atoms with Crippen LogP contribution in [0.5, 0.6) is 0 Å². The maximum absolute atomic E-state index is 9.90. The third-order valence-electron chi connectivity index (χ3n) is 8.56. The average Bonchev–Trinajstić information content (AvgIpc) is 2.85. The second-order valence-electron chi connectivity index (χ2n) is 10.3. The molecule has 0 spiro atoms. The normalized spacial score (nSPS) is 24.1. The predicted molar refractivity (Wildman–Crippen MR) is 131 cm³/mol. The molecule has 2 aromatic carbocycles. The molecule has 0 aromatic heterocycles. The van der Waals surface area contributed by atoms with Crippen molar-refractivity contribution in [1.82, 2.24) is 0 Å². The Kier molecular flexibility index (Phi) is 6.71. The molecule has 2 nitrogen and oxygen atoms in total. The van der Waals surface area contributed by atoms with Gasteiger partial charge in [-0.05, 0) is 85.3 Å². The summed E-state index contributed by atoms with van der Waals surface area (Å²) in [5, 5.41) is 19.7. The first-order chi connectivity index (χ1) is 15.6. The standard InChI is InChI=1S/C30H36N2/c1-3-5-6-7-23-10-13-26(28(22-32)27(23)21-31)24-8-11-25(12-9-24)30-18-15-29(14-4-2,16-19-30)17-20-30/h8-13H,3-7,14-20H2,1-2H3. The minimum absolute atomic E-state index is 0.354. The number of rotatable bonds is 8. The third-order valence-corrected chi connectivity index (χ3v) is 8.56. The van der Waals surface area contributed by atoms with Gasteiger partial charge in [0.25, 0.3) is 0 Å². The Morgan fingerprint density at radius 2 is 1.41 bits per heavy atom. The number of hydrogen-bond acceptors (Lipinski definition) is 2. The van der Waals surface area contributed by atoms with E-state index in [2.05, 4.69) is 56.3 Å². The van der Waals surface area contributed by atoms with Crippen molar-refractivity contribution >= 4 is 0 Å². The molecule has 2 heteroatoms. The van der Waals surface area contributed by atoms with E-state index in [-0.39, 0.29) is 0 Å². The van der Waals surface area contributed by atoms with Gasteiger partial charge in [0, 0.05) is 5.56 Å². The number of aryl methyl sites for hydroxylation is 1. The Labute approximate surface area is 194 Å². The van der Waals surface area contributed by atoms with Crippen LogP contribution in [-0.2, 0) is 11.8 Å². The molecule has 2 bridgehead atoms. The lowest BCUT2D eigenvalue weighted by Crippen LogP contribution is -2.44. The largest absolute Gasteiger partial charge is 0.192 e. The molecule has 32 heavy (non-hydrogen) atoms. The van der Waals surface area contributed by atoms with Crippen molar-refractivity contribution in [1.29, 1.82) is 10.5 Å². The number of hydrogen-bond donors (Lipinski definition) is 0. The highest BCUT2D eigenvalue weighted by Gasteiger charge is 2.48. The summed E-state index contributed by atoms with van der Waals surface area (Å²) >= 11 is 0. The molecule has 0 saturated heterocycles. The fraction of sp³-hybridized carbons (Fsp3) is 0.533. The molecule has 3 aliphatic carbocycles. The molecule has 3 saturated carbocycles. The Morgan fingerprint density at radius 1 is 0.750 bits per heavy atom. The van der Waals surface area contributed by atoms with Crippen LogP contribution in [0.3, 0.4) is 0 Å². The van der Waals surface area contributed by atoms with Crippen molar-refractivity contribution in [2.75, 3.05) is 0 Å². The summed E-state index contributed by atoms with van der Waals surface area (Å²) in [4.78, 5) is 0. The SMILES string of the molecule is CCCCCc1ccc(-c2ccc(C34CCC(CCC)(CC3)CC4)cc2)c(C#N)c1C#N. The van der Waals surface area contributed by atoms with Gasteiger partial charge in [-0.1, -0.05) is 69.5 Å². The van der Waals surface area contributed by atoms with Crippen molar-refractivity contribution in [3.8, 4) is 23.3 Å². The maximum Gasteiger partial charge on any atom is 0.101 e. The lowest BCUT2D eigenvalue weighted by atomic mass is 9.51. The van der Waals surface area contributed by atoms with Gasteiger partial charge in [0.2, 0.25) is 0 Å². The minimum atomic E-state index is 0.354. The highest BCUT2D eigenvalue weighted by atomic mass is 14.5. The Hall–Kier alpha value is -2.58. The van der Waals surface area contributed by atoms with E-state index in [1.807, 2.05) is 6.07 Å². The molecule has 166 valence electrons. The van der Waals surface area contributed by atoms with Gasteiger partial charge in [-0.2, -0.15) is 10.5 Å². The van der Waals surface area contributed by atoms with E-state index >= 15 is 0 Å². The summed E-state index contributed by atoms with van der Waals surface area (Å²) in [6, 6.07) is 17.7. The lowest BCUT2D eigenvalue weighted by molar-refractivity contribution is 0.0320. The van der Waals surface area contributed by atoms with Crippen molar-refractivity contribution < 1.29 is 0 Å². The molecule has 3 fully saturated rings. The molecule has 0 unspecified atom stereocenters. The monoisotopic (exact) mass is 424 g/mol. The number of nitriles is 2. The van der Waals surface area contributed by atoms with Crippen LogP contribution in [0.25, 0.3) is 11.1 Å². The molecular formula is C30H36N2. The summed E-state index contributed by atoms with van der Waals surface area (Å²) in [5.74, 6) is 0. The molecule has 0 radical (unpaired) electrons. The topological polar surface area (TPSA) is 47.6 Å². The average molecular weight is 425 g/mol. The molecule has 0 amide bonds. The van der Waals surface area contributed by atoms with E-state index in [9.17, 15) is 10.5 Å². The first-order valence-corrected chi connectivity index (χ1v) is 12.7. The zero-order valence-corrected chi connectivity index (χ0v) is 19.8. The van der Waals surface area contributed by atoms with Crippen LogP contribution in [0.15, 0.2) is 36.4 Å². The highest BCUT2D eigenvalue weighted by molar-refractivity contribution is 5.75. The molecule has 0 heterocycles. The van der Waals surface area contributed by atoms with Crippen molar-refractivity contribution in [3.63, 3.8) is 0 Å². The van der Waals surface area contributed by atoms with Gasteiger partial charge in [0.1, 0.15) is 12.1 Å². The maximum atomic E-state index is 9.90. The van der Waals surface area contributed by atoms with Gasteiger partial charge >= 0.3 is 0 Å². The number of nitrogens with zero attached hydrogens (tertiary/aromatic N) is 2. The van der Waals surface area contributed by atoms with E-state index in [1.165, 1.54) is 56.9 Å². The van der Waals surface area contributed by atoms with E-state index in [0.29, 0.717) is 22.0 Å². The van der Waals surface area contributed by atoms with Gasteiger partial charge in [-0.15, -0.1) is 0 Å². The molecule has 0 atom stereocenters. The van der Waals surface area contributed by atoms with Crippen LogP contribution in [0.4, 0.5) is 0 Å². The van der Waals surface area contributed by atoms with Crippen LogP contribution >= 0.6 is 0 Å². The fourth-order valence-electron chi connectivity index (χ4n) is 6.51. The second-order valence-corrected chi connectivity index (χ2v) is 10.3. The van der Waals surface area contributed by atoms with Crippen LogP contribution in [-0.4, -0.2) is 0 Å². The van der Waals surface area contributed by atoms with E-state index in [1.54, 1.807) is 0 Å². The Morgan fingerprint density at radius 3 is 1.97 bits per heavy atom. The quantitative estimate of drug-likeness (QED) is 0.401. The zero-order valence-electron chi connectivity index (χ0n) is 19.8. The van der Waals surface area contributed by atoms with Crippen LogP contribution < -0.4 is 0 Å². The Bertz CT molecular complexity index is 1010. The fourth-order valence-corrected chi connectivity index (χ4v) is 6.51. The first-order valence-electron chi connectivity index (χ1n) is 12.7. The molecular weight excluding hydrogens is 388 g/mol. The van der Waals surface area contributed by atoms with Crippen molar-refractivity contribution in [2.24, 2.45) is 5.41 Å². The highest BCUT2D eigenvalue weighted by Crippen LogP contribution is 2.59. The van der Waals surface area contributed by atoms with Crippen LogP contribution in [0.2, 0.25) is 0 Å². The van der Waals surface area contributed by atoms with Gasteiger partial charge < -0.3 is 0 Å². The van der Waals surface area contributed by atoms with Gasteiger partial charge in [0.05, 0.1) is 11.1 Å². The van der Waals surface area contributed by atoms with Crippen molar-refractivity contribution in [3.05, 3.63) is 58.7 Å². The van der Waals surface area contributed by atoms with Gasteiger partial charge in [-0.3, -0.25) is 0 Å². The third kappa shape index (κ3) is 4.09. The second kappa shape index (κ2) is 9.50. The lowest BCUT2D eigenvalue weighted by Gasteiger charge is -2.54. The minimum Gasteiger partial charge on any atom is -0.192 e. The first kappa shape index (κ1) is 22.6. The number of unbranched alkanes of at least 4 members (excludes halogenated alkanes) is 2. The summed E-state index contributed by atoms with van der Waals surface area (Å²) in [6.45, 7) is 4.51. The summed E-state index contributed by atoms with van der Waals surface area (Å²) in [6.07, 6.45) is 15.0. The molecule has 5 rings (SSSR count). The van der Waals surface area contributed by atoms with Gasteiger partial charge in [0.15, 0.2) is 0 Å². The molecule has 0 N–H and O–H groups in total. The predicted octanol–water partition coefficient (Wildman–Crippen LogP) is 8.22. The Balaban J connectivity index is 1.59.